The number of allylic oxidation sites excluding steroid dienone is 2. The van der Waals surface area contributed by atoms with E-state index in [4.69, 9.17) is 10.2 Å². The normalized spacial score (nSPS) is 24.7. The third-order valence-corrected chi connectivity index (χ3v) is 4.93. The van der Waals surface area contributed by atoms with Gasteiger partial charge in [-0.3, -0.25) is 4.79 Å². The molecular weight excluding hydrogens is 320 g/mol. The molecule has 0 aromatic rings. The van der Waals surface area contributed by atoms with Crippen LogP contribution in [0, 0.1) is 11.3 Å². The number of carbonyl (C=O) groups is 2. The van der Waals surface area contributed by atoms with E-state index in [9.17, 15) is 9.59 Å². The van der Waals surface area contributed by atoms with E-state index >= 15 is 0 Å². The summed E-state index contributed by atoms with van der Waals surface area (Å²) in [5.41, 5.74) is -0.949. The molecule has 1 aliphatic heterocycles. The van der Waals surface area contributed by atoms with Gasteiger partial charge in [0, 0.05) is 31.8 Å². The number of aliphatic carboxylic acids is 2. The molecule has 0 saturated carbocycles. The standard InChI is InChI=1S/C10H22N2.C9H10O4/c1-3-10(2)4-7-12-8-5-11-6-9-12;1-9(8(12)13)4-2-3-6(5-9)7(10)11/h10-11H,3-9H2,1-2H3;2-4H,5H2,1H3,(H,10,11)(H,12,13). The molecule has 0 aromatic heterocycles. The van der Waals surface area contributed by atoms with Crippen molar-refractivity contribution in [2.75, 3.05) is 32.7 Å². The number of carboxylic acid groups (broad SMARTS) is 2. The molecular formula is C19H32N2O4. The van der Waals surface area contributed by atoms with Crippen LogP contribution >= 0.6 is 0 Å². The van der Waals surface area contributed by atoms with Crippen LogP contribution in [-0.2, 0) is 9.59 Å². The molecule has 1 saturated heterocycles. The highest BCUT2D eigenvalue weighted by atomic mass is 16.4. The molecule has 2 aliphatic rings. The predicted molar refractivity (Wildman–Crippen MR) is 98.6 cm³/mol. The Morgan fingerprint density at radius 1 is 1.32 bits per heavy atom. The van der Waals surface area contributed by atoms with Crippen molar-refractivity contribution in [1.29, 1.82) is 0 Å². The molecule has 2 rings (SSSR count). The van der Waals surface area contributed by atoms with Crippen LogP contribution < -0.4 is 5.32 Å². The maximum atomic E-state index is 10.8. The summed E-state index contributed by atoms with van der Waals surface area (Å²) in [6.07, 6.45) is 7.13. The van der Waals surface area contributed by atoms with Gasteiger partial charge in [0.25, 0.3) is 0 Å². The third kappa shape index (κ3) is 7.40. The van der Waals surface area contributed by atoms with Gasteiger partial charge in [0.1, 0.15) is 0 Å². The number of nitrogens with one attached hydrogen (secondary N) is 1. The van der Waals surface area contributed by atoms with Gasteiger partial charge in [-0.05, 0) is 32.2 Å². The van der Waals surface area contributed by atoms with Gasteiger partial charge < -0.3 is 20.4 Å². The molecule has 1 aliphatic carbocycles. The molecule has 0 spiro atoms. The van der Waals surface area contributed by atoms with Crippen molar-refractivity contribution in [3.05, 3.63) is 23.8 Å². The number of nitrogens with zero attached hydrogens (tertiary/aromatic N) is 1. The van der Waals surface area contributed by atoms with Gasteiger partial charge >= 0.3 is 11.9 Å². The van der Waals surface area contributed by atoms with Crippen molar-refractivity contribution in [2.24, 2.45) is 11.3 Å². The second-order valence-electron chi connectivity index (χ2n) is 7.15. The zero-order chi connectivity index (χ0) is 18.9. The molecule has 1 heterocycles. The van der Waals surface area contributed by atoms with Crippen molar-refractivity contribution >= 4 is 11.9 Å². The average molecular weight is 352 g/mol. The van der Waals surface area contributed by atoms with Crippen molar-refractivity contribution in [2.45, 2.75) is 40.0 Å². The van der Waals surface area contributed by atoms with Crippen molar-refractivity contribution < 1.29 is 19.8 Å². The fourth-order valence-electron chi connectivity index (χ4n) is 2.73. The summed E-state index contributed by atoms with van der Waals surface area (Å²) < 4.78 is 0. The van der Waals surface area contributed by atoms with Crippen LogP contribution in [0.15, 0.2) is 23.8 Å². The van der Waals surface area contributed by atoms with Gasteiger partial charge in [-0.15, -0.1) is 0 Å². The number of hydrogen-bond acceptors (Lipinski definition) is 4. The first-order chi connectivity index (χ1) is 11.8. The average Bonchev–Trinajstić information content (AvgIpc) is 2.61. The second kappa shape index (κ2) is 10.4. The minimum atomic E-state index is -1.08. The minimum Gasteiger partial charge on any atom is -0.481 e. The summed E-state index contributed by atoms with van der Waals surface area (Å²) in [6.45, 7) is 12.3. The Morgan fingerprint density at radius 3 is 2.48 bits per heavy atom. The van der Waals surface area contributed by atoms with Gasteiger partial charge in [-0.2, -0.15) is 0 Å². The lowest BCUT2D eigenvalue weighted by Crippen LogP contribution is -2.44. The lowest BCUT2D eigenvalue weighted by atomic mass is 9.80. The van der Waals surface area contributed by atoms with Crippen molar-refractivity contribution in [1.82, 2.24) is 10.2 Å². The number of rotatable bonds is 6. The number of piperazine rings is 1. The molecule has 2 atom stereocenters. The number of hydrogen-bond donors (Lipinski definition) is 3. The van der Waals surface area contributed by atoms with E-state index in [0.717, 1.165) is 5.92 Å². The zero-order valence-corrected chi connectivity index (χ0v) is 15.6. The largest absolute Gasteiger partial charge is 0.481 e. The molecule has 6 nitrogen and oxygen atoms in total. The highest BCUT2D eigenvalue weighted by Gasteiger charge is 2.34. The lowest BCUT2D eigenvalue weighted by molar-refractivity contribution is -0.145. The topological polar surface area (TPSA) is 89.9 Å². The lowest BCUT2D eigenvalue weighted by Gasteiger charge is -2.27. The molecule has 0 bridgehead atoms. The fourth-order valence-corrected chi connectivity index (χ4v) is 2.73. The summed E-state index contributed by atoms with van der Waals surface area (Å²) in [5.74, 6) is -1.16. The Balaban J connectivity index is 0.000000251. The Bertz CT molecular complexity index is 510. The first-order valence-corrected chi connectivity index (χ1v) is 9.06. The maximum absolute atomic E-state index is 10.8. The highest BCUT2D eigenvalue weighted by Crippen LogP contribution is 2.31. The summed E-state index contributed by atoms with van der Waals surface area (Å²) in [5, 5.41) is 20.9. The quantitative estimate of drug-likeness (QED) is 0.680. The Labute approximate surface area is 150 Å². The summed E-state index contributed by atoms with van der Waals surface area (Å²) >= 11 is 0. The molecule has 0 aromatic carbocycles. The molecule has 0 radical (unpaired) electrons. The maximum Gasteiger partial charge on any atom is 0.331 e. The Kier molecular flexibility index (Phi) is 8.86. The summed E-state index contributed by atoms with van der Waals surface area (Å²) in [7, 11) is 0. The van der Waals surface area contributed by atoms with E-state index in [-0.39, 0.29) is 12.0 Å². The molecule has 0 amide bonds. The highest BCUT2D eigenvalue weighted by molar-refractivity contribution is 5.90. The van der Waals surface area contributed by atoms with E-state index in [1.165, 1.54) is 70.7 Å². The van der Waals surface area contributed by atoms with Crippen molar-refractivity contribution in [3.8, 4) is 0 Å². The van der Waals surface area contributed by atoms with Gasteiger partial charge in [-0.1, -0.05) is 38.5 Å². The van der Waals surface area contributed by atoms with E-state index in [1.807, 2.05) is 0 Å². The monoisotopic (exact) mass is 352 g/mol. The van der Waals surface area contributed by atoms with Crippen LogP contribution in [0.4, 0.5) is 0 Å². The summed E-state index contributed by atoms with van der Waals surface area (Å²) in [4.78, 5) is 23.9. The molecule has 2 unspecified atom stereocenters. The van der Waals surface area contributed by atoms with Gasteiger partial charge in [-0.25, -0.2) is 4.79 Å². The van der Waals surface area contributed by atoms with E-state index < -0.39 is 17.4 Å². The molecule has 25 heavy (non-hydrogen) atoms. The van der Waals surface area contributed by atoms with Crippen LogP contribution in [0.5, 0.6) is 0 Å². The molecule has 142 valence electrons. The van der Waals surface area contributed by atoms with Gasteiger partial charge in [0.15, 0.2) is 0 Å². The fraction of sp³-hybridized carbons (Fsp3) is 0.684. The first-order valence-electron chi connectivity index (χ1n) is 9.06. The molecule has 1 fully saturated rings. The van der Waals surface area contributed by atoms with E-state index in [0.29, 0.717) is 0 Å². The zero-order valence-electron chi connectivity index (χ0n) is 15.6. The van der Waals surface area contributed by atoms with E-state index in [1.54, 1.807) is 0 Å². The predicted octanol–water partition coefficient (Wildman–Crippen LogP) is 2.38. The van der Waals surface area contributed by atoms with Crippen LogP contribution in [-0.4, -0.2) is 59.8 Å². The molecule has 6 heteroatoms. The second-order valence-corrected chi connectivity index (χ2v) is 7.15. The van der Waals surface area contributed by atoms with Gasteiger partial charge in [0.05, 0.1) is 5.41 Å². The first kappa shape index (κ1) is 21.4. The SMILES string of the molecule is CC1(C(=O)O)C=CC=C(C(=O)O)C1.CCC(C)CCN1CCNCC1. The Hall–Kier alpha value is -1.66. The van der Waals surface area contributed by atoms with E-state index in [2.05, 4.69) is 24.1 Å². The Morgan fingerprint density at radius 2 is 1.96 bits per heavy atom. The number of carboxylic acids is 2. The molecule has 3 N–H and O–H groups in total. The van der Waals surface area contributed by atoms with Crippen LogP contribution in [0.1, 0.15) is 40.0 Å². The minimum absolute atomic E-state index is 0.0359. The summed E-state index contributed by atoms with van der Waals surface area (Å²) in [6, 6.07) is 0. The van der Waals surface area contributed by atoms with Crippen LogP contribution in [0.2, 0.25) is 0 Å². The van der Waals surface area contributed by atoms with Gasteiger partial charge in [0.2, 0.25) is 0 Å². The smallest absolute Gasteiger partial charge is 0.331 e. The third-order valence-electron chi connectivity index (χ3n) is 4.93. The van der Waals surface area contributed by atoms with Crippen LogP contribution in [0.25, 0.3) is 0 Å². The van der Waals surface area contributed by atoms with Crippen LogP contribution in [0.3, 0.4) is 0 Å². The van der Waals surface area contributed by atoms with Crippen molar-refractivity contribution in [3.63, 3.8) is 0 Å².